The number of aromatic nitrogens is 4. The minimum absolute atomic E-state index is 0.0821. The summed E-state index contributed by atoms with van der Waals surface area (Å²) < 4.78 is 26.0. The van der Waals surface area contributed by atoms with Crippen LogP contribution in [0.3, 0.4) is 0 Å². The van der Waals surface area contributed by atoms with Crippen molar-refractivity contribution in [1.29, 1.82) is 0 Å². The topological polar surface area (TPSA) is 172 Å². The summed E-state index contributed by atoms with van der Waals surface area (Å²) >= 11 is 4.41. The Bertz CT molecular complexity index is 1020. The van der Waals surface area contributed by atoms with Crippen LogP contribution >= 0.6 is 6.72 Å². The number of hydrogen-bond acceptors (Lipinski definition) is 8. The van der Waals surface area contributed by atoms with Gasteiger partial charge in [0.1, 0.15) is 12.2 Å². The van der Waals surface area contributed by atoms with Crippen molar-refractivity contribution >= 4 is 41.5 Å². The third kappa shape index (κ3) is 4.53. The van der Waals surface area contributed by atoms with Gasteiger partial charge in [-0.1, -0.05) is 13.8 Å². The molecule has 1 fully saturated rings. The number of aliphatic hydroxyl groups excluding tert-OH is 1. The van der Waals surface area contributed by atoms with Crippen molar-refractivity contribution in [1.82, 2.24) is 19.5 Å². The van der Waals surface area contributed by atoms with Gasteiger partial charge in [0.15, 0.2) is 23.6 Å². The van der Waals surface area contributed by atoms with Gasteiger partial charge >= 0.3 is 6.72 Å². The maximum Gasteiger partial charge on any atom is 0.322 e. The lowest BCUT2D eigenvalue weighted by Crippen LogP contribution is -2.31. The molecule has 1 aliphatic heterocycles. The van der Waals surface area contributed by atoms with Gasteiger partial charge in [0.2, 0.25) is 11.9 Å². The number of rotatable bonds is 6. The summed E-state index contributed by atoms with van der Waals surface area (Å²) in [4.78, 5) is 53.5. The van der Waals surface area contributed by atoms with Crippen molar-refractivity contribution in [3.63, 3.8) is 0 Å². The lowest BCUT2D eigenvalue weighted by Gasteiger charge is -2.22. The normalized spacial score (nSPS) is 25.1. The fraction of sp³-hybridized carbons (Fsp3) is 0.571. The number of aliphatic hydroxyl groups is 1. The van der Waals surface area contributed by atoms with Gasteiger partial charge in [-0.15, -0.1) is 0 Å². The van der Waals surface area contributed by atoms with E-state index in [0.29, 0.717) is 0 Å². The van der Waals surface area contributed by atoms with E-state index in [1.165, 1.54) is 0 Å². The molecule has 12 nitrogen and oxygen atoms in total. The van der Waals surface area contributed by atoms with Crippen molar-refractivity contribution in [2.24, 2.45) is 5.92 Å². The number of alkyl halides is 1. The van der Waals surface area contributed by atoms with Gasteiger partial charge < -0.3 is 19.6 Å². The van der Waals surface area contributed by atoms with Crippen molar-refractivity contribution in [2.45, 2.75) is 38.5 Å². The van der Waals surface area contributed by atoms with Crippen LogP contribution in [0.15, 0.2) is 11.1 Å². The molecule has 5 N–H and O–H groups in total. The summed E-state index contributed by atoms with van der Waals surface area (Å²) in [5.74, 6) is -0.946. The Morgan fingerprint density at radius 3 is 2.83 bits per heavy atom. The third-order valence-electron chi connectivity index (χ3n) is 4.18. The van der Waals surface area contributed by atoms with Crippen LogP contribution < -0.4 is 10.9 Å². The number of aromatic amines is 1. The first kappa shape index (κ1) is 21.9. The van der Waals surface area contributed by atoms with Crippen LogP contribution in [-0.4, -0.2) is 65.3 Å². The highest BCUT2D eigenvalue weighted by Gasteiger charge is 2.49. The number of halogens is 1. The fourth-order valence-electron chi connectivity index (χ4n) is 2.77. The molecular weight excluding hydrogens is 432 g/mol. The Hall–Kier alpha value is -1.80. The zero-order chi connectivity index (χ0) is 21.5. The van der Waals surface area contributed by atoms with E-state index in [1.54, 1.807) is 13.8 Å². The quantitative estimate of drug-likeness (QED) is 0.362. The van der Waals surface area contributed by atoms with E-state index in [9.17, 15) is 28.9 Å². The molecule has 0 radical (unpaired) electrons. The van der Waals surface area contributed by atoms with Crippen molar-refractivity contribution in [3.8, 4) is 0 Å². The largest absolute Gasteiger partial charge is 0.394 e. The summed E-state index contributed by atoms with van der Waals surface area (Å²) in [7, 11) is 0. The number of ether oxygens (including phenoxy) is 1. The highest BCUT2D eigenvalue weighted by Crippen LogP contribution is 2.46. The average molecular weight is 451 g/mol. The zero-order valence-electron chi connectivity index (χ0n) is 15.2. The van der Waals surface area contributed by atoms with E-state index in [2.05, 4.69) is 32.1 Å². The lowest BCUT2D eigenvalue weighted by atomic mass is 10.1. The number of imidazole rings is 1. The van der Waals surface area contributed by atoms with Crippen LogP contribution in [-0.2, 0) is 25.9 Å². The van der Waals surface area contributed by atoms with Gasteiger partial charge in [-0.25, -0.2) is 9.37 Å². The van der Waals surface area contributed by atoms with Crippen LogP contribution in [0.2, 0.25) is 0 Å². The molecule has 0 aromatic carbocycles. The van der Waals surface area contributed by atoms with E-state index in [1.807, 2.05) is 0 Å². The minimum atomic E-state index is -4.29. The first-order chi connectivity index (χ1) is 13.5. The molecule has 0 unspecified atom stereocenters. The Morgan fingerprint density at radius 2 is 2.24 bits per heavy atom. The number of hydrogen-bond donors (Lipinski definition) is 5. The number of fused-ring (bicyclic) bond motifs is 1. The molecule has 2 aromatic rings. The molecule has 2 aromatic heterocycles. The predicted molar refractivity (Wildman–Crippen MR) is 101 cm³/mol. The Morgan fingerprint density at radius 1 is 1.55 bits per heavy atom. The first-order valence-electron chi connectivity index (χ1n) is 8.44. The molecule has 15 heteroatoms. The minimum Gasteiger partial charge on any atom is -0.394 e. The summed E-state index contributed by atoms with van der Waals surface area (Å²) in [5.41, 5.74) is -0.889. The number of nitrogens with one attached hydrogen (secondary N) is 2. The van der Waals surface area contributed by atoms with E-state index in [-0.39, 0.29) is 23.0 Å². The average Bonchev–Trinajstić information content (AvgIpc) is 3.16. The second-order valence-electron chi connectivity index (χ2n) is 6.64. The number of anilines is 1. The second-order valence-corrected chi connectivity index (χ2v) is 9.25. The van der Waals surface area contributed by atoms with E-state index in [0.717, 1.165) is 10.9 Å². The number of nitrogens with zero attached hydrogens (tertiary/aromatic N) is 3. The monoisotopic (exact) mass is 451 g/mol. The Labute approximate surface area is 167 Å². The highest BCUT2D eigenvalue weighted by molar-refractivity contribution is 8.06. The van der Waals surface area contributed by atoms with Gasteiger partial charge in [-0.2, -0.15) is 4.98 Å². The molecule has 160 valence electrons. The van der Waals surface area contributed by atoms with Crippen molar-refractivity contribution in [2.75, 3.05) is 11.9 Å². The molecule has 29 heavy (non-hydrogen) atoms. The summed E-state index contributed by atoms with van der Waals surface area (Å²) in [5, 5.41) is 11.8. The zero-order valence-corrected chi connectivity index (χ0v) is 16.9. The number of carbonyl (C=O) groups is 1. The highest BCUT2D eigenvalue weighted by atomic mass is 32.5. The van der Waals surface area contributed by atoms with Gasteiger partial charge in [0.05, 0.1) is 12.9 Å². The summed E-state index contributed by atoms with van der Waals surface area (Å²) in [6.07, 6.45) is -5.15. The molecule has 0 aliphatic carbocycles. The van der Waals surface area contributed by atoms with Crippen LogP contribution in [0.25, 0.3) is 11.2 Å². The van der Waals surface area contributed by atoms with Crippen LogP contribution in [0.4, 0.5) is 10.3 Å². The maximum atomic E-state index is 14.6. The molecular formula is C14H19FN5O7PS. The molecule has 3 rings (SSSR count). The summed E-state index contributed by atoms with van der Waals surface area (Å²) in [6.45, 7) is -1.70. The smallest absolute Gasteiger partial charge is 0.322 e. The SMILES string of the molecule is CC(C)C(=O)Nc1nc2c(ncn2[C@@H]2O[C@H](CO)[C@@H](F)[C@@H]2OP(O)(O)=S)c(=O)[nH]1. The number of amides is 1. The molecule has 0 spiro atoms. The van der Waals surface area contributed by atoms with Crippen LogP contribution in [0.5, 0.6) is 0 Å². The van der Waals surface area contributed by atoms with Gasteiger partial charge in [-0.05, 0) is 11.8 Å². The molecule has 1 saturated heterocycles. The lowest BCUT2D eigenvalue weighted by molar-refractivity contribution is -0.118. The fourth-order valence-corrected chi connectivity index (χ4v) is 3.60. The Balaban J connectivity index is 2.05. The van der Waals surface area contributed by atoms with Gasteiger partial charge in [0.25, 0.3) is 5.56 Å². The van der Waals surface area contributed by atoms with E-state index < -0.39 is 49.4 Å². The van der Waals surface area contributed by atoms with Gasteiger partial charge in [0, 0.05) is 5.92 Å². The molecule has 3 heterocycles. The van der Waals surface area contributed by atoms with E-state index in [4.69, 9.17) is 9.26 Å². The molecule has 1 aliphatic rings. The third-order valence-corrected chi connectivity index (χ3v) is 4.95. The van der Waals surface area contributed by atoms with Crippen molar-refractivity contribution in [3.05, 3.63) is 16.7 Å². The van der Waals surface area contributed by atoms with Crippen LogP contribution in [0, 0.1) is 5.92 Å². The predicted octanol–water partition coefficient (Wildman–Crippen LogP) is -0.464. The van der Waals surface area contributed by atoms with Crippen LogP contribution in [0.1, 0.15) is 20.1 Å². The maximum absolute atomic E-state index is 14.6. The van der Waals surface area contributed by atoms with Crippen molar-refractivity contribution < 1.29 is 33.3 Å². The molecule has 0 saturated carbocycles. The molecule has 4 atom stereocenters. The van der Waals surface area contributed by atoms with Gasteiger partial charge in [-0.3, -0.25) is 29.0 Å². The standard InChI is InChI=1S/C14H19FN5O7PS/c1-5(2)11(22)18-14-17-10-8(12(23)19-14)16-4-20(10)13-9(27-28(24,25)29)7(15)6(3-21)26-13/h4-7,9,13,21H,3H2,1-2H3,(H2,24,25,29)(H2,17,18,19,22,23)/t6-,7-,9+,13-/m1/s1. The molecule has 0 bridgehead atoms. The number of carbonyl (C=O) groups excluding carboxylic acids is 1. The Kier molecular flexibility index (Phi) is 6.15. The second kappa shape index (κ2) is 8.14. The van der Waals surface area contributed by atoms with E-state index >= 15 is 0 Å². The number of H-pyrrole nitrogens is 1. The first-order valence-corrected chi connectivity index (χ1v) is 11.1. The summed E-state index contributed by atoms with van der Waals surface area (Å²) in [6, 6.07) is 0. The molecule has 1 amide bonds.